The minimum absolute atomic E-state index is 0.271. The number of carbonyl (C=O) groups excluding carboxylic acids is 1. The van der Waals surface area contributed by atoms with Crippen LogP contribution in [0, 0.1) is 0 Å². The van der Waals surface area contributed by atoms with Crippen molar-refractivity contribution in [2.75, 3.05) is 6.61 Å². The van der Waals surface area contributed by atoms with Crippen molar-refractivity contribution >= 4 is 49.2 Å². The molecule has 3 nitrogen and oxygen atoms in total. The van der Waals surface area contributed by atoms with E-state index in [0.717, 1.165) is 43.0 Å². The first-order chi connectivity index (χ1) is 13.3. The third-order valence-corrected chi connectivity index (χ3v) is 5.84. The van der Waals surface area contributed by atoms with E-state index in [2.05, 4.69) is 29.2 Å². The second-order valence-corrected chi connectivity index (χ2v) is 7.34. The van der Waals surface area contributed by atoms with Gasteiger partial charge in [0.25, 0.3) is 0 Å². The lowest BCUT2D eigenvalue weighted by molar-refractivity contribution is 0.0530. The monoisotopic (exact) mass is 371 g/mol. The first-order valence-corrected chi connectivity index (χ1v) is 9.83. The smallest absolute Gasteiger partial charge is 0.339 e. The number of benzene rings is 3. The van der Waals surface area contributed by atoms with Gasteiger partial charge in [0.05, 0.1) is 22.4 Å². The number of aromatic nitrogens is 1. The number of para-hydroxylation sites is 1. The Morgan fingerprint density at radius 1 is 1.00 bits per heavy atom. The van der Waals surface area contributed by atoms with E-state index in [1.54, 1.807) is 11.3 Å². The van der Waals surface area contributed by atoms with Crippen molar-refractivity contribution in [3.8, 4) is 11.1 Å². The van der Waals surface area contributed by atoms with Crippen LogP contribution in [-0.2, 0) is 4.74 Å². The number of esters is 1. The zero-order valence-corrected chi connectivity index (χ0v) is 15.6. The Kier molecular flexibility index (Phi) is 3.73. The summed E-state index contributed by atoms with van der Waals surface area (Å²) in [4.78, 5) is 16.6. The van der Waals surface area contributed by atoms with Crippen LogP contribution in [0.2, 0.25) is 0 Å². The van der Waals surface area contributed by atoms with Crippen molar-refractivity contribution in [1.82, 2.24) is 4.98 Å². The number of thiophene rings is 1. The van der Waals surface area contributed by atoms with Crippen LogP contribution in [0.3, 0.4) is 0 Å². The molecule has 0 bridgehead atoms. The quantitative estimate of drug-likeness (QED) is 0.374. The number of H-pyrrole nitrogens is 1. The van der Waals surface area contributed by atoms with Gasteiger partial charge >= 0.3 is 5.97 Å². The molecule has 132 valence electrons. The highest BCUT2D eigenvalue weighted by Gasteiger charge is 2.25. The van der Waals surface area contributed by atoms with Gasteiger partial charge in [-0.3, -0.25) is 0 Å². The van der Waals surface area contributed by atoms with Gasteiger partial charge < -0.3 is 9.72 Å². The first-order valence-electron chi connectivity index (χ1n) is 8.95. The molecular weight excluding hydrogens is 354 g/mol. The molecule has 1 N–H and O–H groups in total. The minimum atomic E-state index is -0.271. The lowest BCUT2D eigenvalue weighted by Gasteiger charge is -2.13. The molecule has 2 heterocycles. The molecule has 0 saturated carbocycles. The van der Waals surface area contributed by atoms with Gasteiger partial charge in [-0.05, 0) is 30.0 Å². The summed E-state index contributed by atoms with van der Waals surface area (Å²) >= 11 is 1.65. The van der Waals surface area contributed by atoms with Crippen LogP contribution in [0.4, 0.5) is 0 Å². The van der Waals surface area contributed by atoms with Crippen molar-refractivity contribution in [3.05, 3.63) is 71.6 Å². The maximum Gasteiger partial charge on any atom is 0.339 e. The molecular formula is C23H17NO2S. The average molecular weight is 371 g/mol. The van der Waals surface area contributed by atoms with E-state index in [-0.39, 0.29) is 5.97 Å². The summed E-state index contributed by atoms with van der Waals surface area (Å²) in [5, 5.41) is 5.17. The number of ether oxygens (including phenoxy) is 1. The molecule has 0 aliphatic heterocycles. The molecule has 0 saturated heterocycles. The van der Waals surface area contributed by atoms with Gasteiger partial charge in [-0.2, -0.15) is 0 Å². The highest BCUT2D eigenvalue weighted by Crippen LogP contribution is 2.44. The van der Waals surface area contributed by atoms with Crippen molar-refractivity contribution in [1.29, 1.82) is 0 Å². The van der Waals surface area contributed by atoms with Crippen LogP contribution < -0.4 is 0 Å². The van der Waals surface area contributed by atoms with Gasteiger partial charge in [0, 0.05) is 27.2 Å². The van der Waals surface area contributed by atoms with E-state index in [1.165, 1.54) is 0 Å². The second-order valence-electron chi connectivity index (χ2n) is 6.42. The van der Waals surface area contributed by atoms with Gasteiger partial charge in [0.1, 0.15) is 0 Å². The standard InChI is InChI=1S/C23H17NO2S/c1-2-26-23(25)20-16-12-13-27-22(16)21-19(15-10-6-7-11-17(15)24-21)18(20)14-8-4-3-5-9-14/h3-13,24H,2H2,1H3. The van der Waals surface area contributed by atoms with Gasteiger partial charge in [-0.15, -0.1) is 11.3 Å². The predicted molar refractivity (Wildman–Crippen MR) is 113 cm³/mol. The Hall–Kier alpha value is -3.11. The lowest BCUT2D eigenvalue weighted by atomic mass is 9.92. The molecule has 0 unspecified atom stereocenters. The molecule has 3 aromatic carbocycles. The van der Waals surface area contributed by atoms with Crippen LogP contribution in [0.15, 0.2) is 66.0 Å². The highest BCUT2D eigenvalue weighted by molar-refractivity contribution is 7.18. The maximum absolute atomic E-state index is 13.0. The SMILES string of the molecule is CCOC(=O)c1c(-c2ccccc2)c2c3ccccc3[nH]c2c2sccc12. The zero-order chi connectivity index (χ0) is 18.4. The second kappa shape index (κ2) is 6.25. The summed E-state index contributed by atoms with van der Waals surface area (Å²) in [7, 11) is 0. The normalized spacial score (nSPS) is 11.4. The third-order valence-electron chi connectivity index (χ3n) is 4.91. The van der Waals surface area contributed by atoms with Crippen molar-refractivity contribution < 1.29 is 9.53 Å². The first kappa shape index (κ1) is 16.1. The summed E-state index contributed by atoms with van der Waals surface area (Å²) in [5.41, 5.74) is 4.75. The number of carbonyl (C=O) groups is 1. The van der Waals surface area contributed by atoms with E-state index >= 15 is 0 Å². The van der Waals surface area contributed by atoms with Crippen LogP contribution in [0.5, 0.6) is 0 Å². The molecule has 0 aliphatic rings. The summed E-state index contributed by atoms with van der Waals surface area (Å²) in [6.45, 7) is 2.19. The molecule has 5 rings (SSSR count). The Balaban J connectivity index is 2.05. The molecule has 0 radical (unpaired) electrons. The van der Waals surface area contributed by atoms with Gasteiger partial charge in [-0.1, -0.05) is 48.5 Å². The number of hydrogen-bond acceptors (Lipinski definition) is 3. The van der Waals surface area contributed by atoms with Crippen molar-refractivity contribution in [3.63, 3.8) is 0 Å². The van der Waals surface area contributed by atoms with E-state index in [0.29, 0.717) is 12.2 Å². The maximum atomic E-state index is 13.0. The zero-order valence-electron chi connectivity index (χ0n) is 14.8. The van der Waals surface area contributed by atoms with Crippen molar-refractivity contribution in [2.24, 2.45) is 0 Å². The van der Waals surface area contributed by atoms with Crippen molar-refractivity contribution in [2.45, 2.75) is 6.92 Å². The Morgan fingerprint density at radius 2 is 1.78 bits per heavy atom. The van der Waals surface area contributed by atoms with Gasteiger partial charge in [0.15, 0.2) is 0 Å². The fraction of sp³-hybridized carbons (Fsp3) is 0.0870. The lowest BCUT2D eigenvalue weighted by Crippen LogP contribution is -2.07. The minimum Gasteiger partial charge on any atom is -0.462 e. The number of fused-ring (bicyclic) bond motifs is 5. The summed E-state index contributed by atoms with van der Waals surface area (Å²) in [6, 6.07) is 20.4. The molecule has 4 heteroatoms. The highest BCUT2D eigenvalue weighted by atomic mass is 32.1. The molecule has 0 atom stereocenters. The Morgan fingerprint density at radius 3 is 2.59 bits per heavy atom. The summed E-state index contributed by atoms with van der Waals surface area (Å²) in [5.74, 6) is -0.271. The van der Waals surface area contributed by atoms with Gasteiger partial charge in [-0.25, -0.2) is 4.79 Å². The molecule has 0 aliphatic carbocycles. The predicted octanol–water partition coefficient (Wildman–Crippen LogP) is 6.38. The summed E-state index contributed by atoms with van der Waals surface area (Å²) in [6.07, 6.45) is 0. The Bertz CT molecular complexity index is 1300. The fourth-order valence-electron chi connectivity index (χ4n) is 3.84. The summed E-state index contributed by atoms with van der Waals surface area (Å²) < 4.78 is 6.55. The fourth-order valence-corrected chi connectivity index (χ4v) is 4.75. The average Bonchev–Trinajstić information content (AvgIpc) is 3.32. The van der Waals surface area contributed by atoms with Crippen LogP contribution in [0.1, 0.15) is 17.3 Å². The van der Waals surface area contributed by atoms with E-state index < -0.39 is 0 Å². The van der Waals surface area contributed by atoms with Crippen LogP contribution in [0.25, 0.3) is 43.0 Å². The van der Waals surface area contributed by atoms with E-state index in [9.17, 15) is 4.79 Å². The molecule has 27 heavy (non-hydrogen) atoms. The molecule has 2 aromatic heterocycles. The largest absolute Gasteiger partial charge is 0.462 e. The number of hydrogen-bond donors (Lipinski definition) is 1. The Labute approximate surface area is 160 Å². The topological polar surface area (TPSA) is 42.1 Å². The number of rotatable bonds is 3. The van der Waals surface area contributed by atoms with Crippen LogP contribution in [-0.4, -0.2) is 17.6 Å². The van der Waals surface area contributed by atoms with E-state index in [1.807, 2.05) is 48.7 Å². The molecule has 5 aromatic rings. The molecule has 0 fully saturated rings. The van der Waals surface area contributed by atoms with E-state index in [4.69, 9.17) is 4.74 Å². The molecule has 0 amide bonds. The van der Waals surface area contributed by atoms with Gasteiger partial charge in [0.2, 0.25) is 0 Å². The third kappa shape index (κ3) is 2.37. The number of nitrogens with one attached hydrogen (secondary N) is 1. The number of aromatic amines is 1. The molecule has 0 spiro atoms. The van der Waals surface area contributed by atoms with Crippen LogP contribution >= 0.6 is 11.3 Å².